The fourth-order valence-electron chi connectivity index (χ4n) is 1.92. The average molecular weight is 270 g/mol. The lowest BCUT2D eigenvalue weighted by molar-refractivity contribution is -0.116. The van der Waals surface area contributed by atoms with Crippen LogP contribution in [0, 0.1) is 0 Å². The summed E-state index contributed by atoms with van der Waals surface area (Å²) in [5, 5.41) is 2.82. The molecule has 20 heavy (non-hydrogen) atoms. The number of hydrogen-bond acceptors (Lipinski definition) is 3. The van der Waals surface area contributed by atoms with Crippen LogP contribution >= 0.6 is 0 Å². The lowest BCUT2D eigenvalue weighted by Crippen LogP contribution is -2.12. The van der Waals surface area contributed by atoms with E-state index in [1.54, 1.807) is 18.5 Å². The average Bonchev–Trinajstić information content (AvgIpc) is 2.48. The van der Waals surface area contributed by atoms with Gasteiger partial charge in [-0.1, -0.05) is 18.2 Å². The molecule has 2 rings (SSSR count). The predicted octanol–water partition coefficient (Wildman–Crippen LogP) is 3.05. The molecule has 0 saturated carbocycles. The van der Waals surface area contributed by atoms with Crippen LogP contribution in [0.25, 0.3) is 0 Å². The number of rotatable bonds is 6. The summed E-state index contributed by atoms with van der Waals surface area (Å²) in [4.78, 5) is 15.8. The van der Waals surface area contributed by atoms with Crippen molar-refractivity contribution < 1.29 is 9.53 Å². The Morgan fingerprint density at radius 2 is 2.10 bits per heavy atom. The van der Waals surface area contributed by atoms with Crippen LogP contribution in [0.15, 0.2) is 48.8 Å². The Bertz CT molecular complexity index is 555. The molecule has 0 saturated heterocycles. The summed E-state index contributed by atoms with van der Waals surface area (Å²) in [6.07, 6.45) is 4.38. The van der Waals surface area contributed by atoms with Gasteiger partial charge in [-0.05, 0) is 37.1 Å². The molecule has 1 amide bonds. The second-order valence-corrected chi connectivity index (χ2v) is 4.33. The molecule has 104 valence electrons. The van der Waals surface area contributed by atoms with Crippen LogP contribution in [-0.2, 0) is 11.2 Å². The summed E-state index contributed by atoms with van der Waals surface area (Å²) in [7, 11) is 0. The molecule has 0 atom stereocenters. The quantitative estimate of drug-likeness (QED) is 0.877. The monoisotopic (exact) mass is 270 g/mol. The van der Waals surface area contributed by atoms with E-state index in [1.165, 1.54) is 0 Å². The maximum absolute atomic E-state index is 11.9. The second-order valence-electron chi connectivity index (χ2n) is 4.33. The number of aryl methyl sites for hydroxylation is 1. The Hall–Kier alpha value is -2.36. The molecule has 0 bridgehead atoms. The first kappa shape index (κ1) is 14.1. The first-order valence-electron chi connectivity index (χ1n) is 6.70. The number of pyridine rings is 1. The van der Waals surface area contributed by atoms with E-state index in [2.05, 4.69) is 10.3 Å². The maximum Gasteiger partial charge on any atom is 0.224 e. The van der Waals surface area contributed by atoms with E-state index in [4.69, 9.17) is 4.74 Å². The Morgan fingerprint density at radius 3 is 2.85 bits per heavy atom. The highest BCUT2D eigenvalue weighted by atomic mass is 16.5. The van der Waals surface area contributed by atoms with E-state index in [9.17, 15) is 4.79 Å². The maximum atomic E-state index is 11.9. The molecule has 4 nitrogen and oxygen atoms in total. The van der Waals surface area contributed by atoms with Crippen molar-refractivity contribution in [3.05, 3.63) is 54.4 Å². The van der Waals surface area contributed by atoms with Gasteiger partial charge in [-0.2, -0.15) is 0 Å². The molecule has 0 fully saturated rings. The minimum Gasteiger partial charge on any atom is -0.494 e. The first-order valence-corrected chi connectivity index (χ1v) is 6.70. The topological polar surface area (TPSA) is 51.2 Å². The number of ether oxygens (including phenoxy) is 1. The number of nitrogens with one attached hydrogen (secondary N) is 1. The lowest BCUT2D eigenvalue weighted by Gasteiger charge is -2.10. The van der Waals surface area contributed by atoms with Crippen molar-refractivity contribution in [2.75, 3.05) is 11.9 Å². The van der Waals surface area contributed by atoms with E-state index in [0.717, 1.165) is 17.0 Å². The highest BCUT2D eigenvalue weighted by Crippen LogP contribution is 2.19. The number of carbonyl (C=O) groups excluding carboxylic acids is 1. The molecule has 1 heterocycles. The van der Waals surface area contributed by atoms with Gasteiger partial charge in [0.1, 0.15) is 5.75 Å². The number of nitrogens with zero attached hydrogens (tertiary/aromatic N) is 1. The van der Waals surface area contributed by atoms with Crippen molar-refractivity contribution in [3.8, 4) is 5.75 Å². The van der Waals surface area contributed by atoms with Gasteiger partial charge in [-0.25, -0.2) is 0 Å². The summed E-state index contributed by atoms with van der Waals surface area (Å²) in [5.41, 5.74) is 1.77. The Kier molecular flexibility index (Phi) is 5.12. The molecule has 0 aliphatic heterocycles. The molecule has 1 aromatic heterocycles. The van der Waals surface area contributed by atoms with Gasteiger partial charge in [0.2, 0.25) is 5.91 Å². The van der Waals surface area contributed by atoms with Crippen LogP contribution in [0.2, 0.25) is 0 Å². The normalized spacial score (nSPS) is 10.1. The second kappa shape index (κ2) is 7.28. The summed E-state index contributed by atoms with van der Waals surface area (Å²) >= 11 is 0. The van der Waals surface area contributed by atoms with Crippen molar-refractivity contribution in [1.29, 1.82) is 0 Å². The van der Waals surface area contributed by atoms with Gasteiger partial charge in [0.15, 0.2) is 0 Å². The number of anilines is 1. The van der Waals surface area contributed by atoms with Crippen LogP contribution in [0.3, 0.4) is 0 Å². The number of hydrogen-bond donors (Lipinski definition) is 1. The zero-order valence-corrected chi connectivity index (χ0v) is 11.5. The number of aromatic nitrogens is 1. The Labute approximate surface area is 118 Å². The van der Waals surface area contributed by atoms with Gasteiger partial charge >= 0.3 is 0 Å². The third-order valence-electron chi connectivity index (χ3n) is 2.84. The molecule has 0 radical (unpaired) electrons. The fourth-order valence-corrected chi connectivity index (χ4v) is 1.92. The SMILES string of the molecule is CCOc1ccccc1CCC(=O)Nc1cccnc1. The van der Waals surface area contributed by atoms with Gasteiger partial charge in [-0.3, -0.25) is 9.78 Å². The summed E-state index contributed by atoms with van der Waals surface area (Å²) in [6, 6.07) is 11.4. The molecular weight excluding hydrogens is 252 g/mol. The van der Waals surface area contributed by atoms with Crippen LogP contribution in [0.1, 0.15) is 18.9 Å². The van der Waals surface area contributed by atoms with Crippen molar-refractivity contribution in [1.82, 2.24) is 4.98 Å². The minimum absolute atomic E-state index is 0.0238. The van der Waals surface area contributed by atoms with Crippen molar-refractivity contribution in [2.24, 2.45) is 0 Å². The van der Waals surface area contributed by atoms with Gasteiger partial charge in [0.25, 0.3) is 0 Å². The molecule has 0 aliphatic carbocycles. The molecule has 1 N–H and O–H groups in total. The predicted molar refractivity (Wildman–Crippen MR) is 78.8 cm³/mol. The zero-order chi connectivity index (χ0) is 14.2. The van der Waals surface area contributed by atoms with Gasteiger partial charge < -0.3 is 10.1 Å². The van der Waals surface area contributed by atoms with Gasteiger partial charge in [0, 0.05) is 12.6 Å². The van der Waals surface area contributed by atoms with E-state index >= 15 is 0 Å². The standard InChI is InChI=1S/C16H18N2O2/c1-2-20-15-8-4-3-6-13(15)9-10-16(19)18-14-7-5-11-17-12-14/h3-8,11-12H,2,9-10H2,1H3,(H,18,19). The summed E-state index contributed by atoms with van der Waals surface area (Å²) in [5.74, 6) is 0.827. The molecule has 0 unspecified atom stereocenters. The molecule has 0 aliphatic rings. The van der Waals surface area contributed by atoms with Crippen molar-refractivity contribution >= 4 is 11.6 Å². The van der Waals surface area contributed by atoms with E-state index in [-0.39, 0.29) is 5.91 Å². The van der Waals surface area contributed by atoms with Crippen molar-refractivity contribution in [3.63, 3.8) is 0 Å². The third-order valence-corrected chi connectivity index (χ3v) is 2.84. The van der Waals surface area contributed by atoms with Gasteiger partial charge in [-0.15, -0.1) is 0 Å². The number of amides is 1. The third kappa shape index (κ3) is 4.09. The van der Waals surface area contributed by atoms with Gasteiger partial charge in [0.05, 0.1) is 18.5 Å². The Morgan fingerprint density at radius 1 is 1.25 bits per heavy atom. The lowest BCUT2D eigenvalue weighted by atomic mass is 10.1. The Balaban J connectivity index is 1.90. The van der Waals surface area contributed by atoms with Crippen LogP contribution in [0.5, 0.6) is 5.75 Å². The zero-order valence-electron chi connectivity index (χ0n) is 11.5. The minimum atomic E-state index is -0.0238. The number of carbonyl (C=O) groups is 1. The van der Waals surface area contributed by atoms with Crippen LogP contribution in [-0.4, -0.2) is 17.5 Å². The number of benzene rings is 1. The van der Waals surface area contributed by atoms with E-state index < -0.39 is 0 Å². The van der Waals surface area contributed by atoms with Crippen molar-refractivity contribution in [2.45, 2.75) is 19.8 Å². The van der Waals surface area contributed by atoms with Crippen LogP contribution in [0.4, 0.5) is 5.69 Å². The summed E-state index contributed by atoms with van der Waals surface area (Å²) < 4.78 is 5.55. The highest BCUT2D eigenvalue weighted by molar-refractivity contribution is 5.90. The fraction of sp³-hybridized carbons (Fsp3) is 0.250. The van der Waals surface area contributed by atoms with E-state index in [1.807, 2.05) is 37.3 Å². The molecule has 0 spiro atoms. The van der Waals surface area contributed by atoms with E-state index in [0.29, 0.717) is 19.4 Å². The smallest absolute Gasteiger partial charge is 0.224 e. The summed E-state index contributed by atoms with van der Waals surface area (Å²) in [6.45, 7) is 2.57. The largest absolute Gasteiger partial charge is 0.494 e. The first-order chi connectivity index (χ1) is 9.79. The molecule has 1 aromatic carbocycles. The number of para-hydroxylation sites is 1. The molecular formula is C16H18N2O2. The highest BCUT2D eigenvalue weighted by Gasteiger charge is 2.06. The van der Waals surface area contributed by atoms with Crippen LogP contribution < -0.4 is 10.1 Å². The molecule has 2 aromatic rings. The molecule has 4 heteroatoms.